The summed E-state index contributed by atoms with van der Waals surface area (Å²) in [6.45, 7) is 5.11. The maximum absolute atomic E-state index is 11.4. The van der Waals surface area contributed by atoms with Gasteiger partial charge in [0, 0.05) is 18.3 Å². The number of pyridine rings is 1. The van der Waals surface area contributed by atoms with Crippen molar-refractivity contribution in [1.29, 1.82) is 0 Å². The van der Waals surface area contributed by atoms with Gasteiger partial charge in [0.25, 0.3) is 5.91 Å². The second kappa shape index (κ2) is 9.89. The van der Waals surface area contributed by atoms with E-state index < -0.39 is 18.1 Å². The number of halogens is 3. The highest BCUT2D eigenvalue weighted by Crippen LogP contribution is 2.25. The normalized spacial score (nSPS) is 11.1. The summed E-state index contributed by atoms with van der Waals surface area (Å²) in [4.78, 5) is 29.1. The molecule has 2 aromatic heterocycles. The van der Waals surface area contributed by atoms with Crippen molar-refractivity contribution in [2.24, 2.45) is 5.92 Å². The molecule has 31 heavy (non-hydrogen) atoms. The quantitative estimate of drug-likeness (QED) is 0.348. The molecular formula is C19H19F3N4O5. The number of carboxylic acid groups (broad SMARTS) is 1. The van der Waals surface area contributed by atoms with Gasteiger partial charge in [-0.25, -0.2) is 20.2 Å². The number of alkyl halides is 3. The number of nitrogens with one attached hydrogen (secondary N) is 2. The molecule has 2 heterocycles. The van der Waals surface area contributed by atoms with E-state index in [-0.39, 0.29) is 0 Å². The Morgan fingerprint density at radius 2 is 1.87 bits per heavy atom. The van der Waals surface area contributed by atoms with Crippen LogP contribution < -0.4 is 10.8 Å². The number of aliphatic carboxylic acids is 1. The number of carbonyl (C=O) groups excluding carboxylic acids is 1. The molecule has 9 nitrogen and oxygen atoms in total. The van der Waals surface area contributed by atoms with E-state index in [2.05, 4.69) is 29.1 Å². The number of rotatable bonds is 5. The molecule has 0 bridgehead atoms. The highest BCUT2D eigenvalue weighted by atomic mass is 19.4. The van der Waals surface area contributed by atoms with E-state index >= 15 is 0 Å². The molecule has 0 saturated heterocycles. The number of benzene rings is 1. The number of carbonyl (C=O) groups is 2. The predicted molar refractivity (Wildman–Crippen MR) is 104 cm³/mol. The summed E-state index contributed by atoms with van der Waals surface area (Å²) in [5.74, 6) is -1.59. The van der Waals surface area contributed by atoms with Crippen molar-refractivity contribution >= 4 is 28.8 Å². The molecule has 1 amide bonds. The van der Waals surface area contributed by atoms with Crippen molar-refractivity contribution in [3.63, 3.8) is 0 Å². The Bertz CT molecular complexity index is 1050. The third kappa shape index (κ3) is 6.67. The molecule has 3 aromatic rings. The number of fused-ring (bicyclic) bond motifs is 1. The lowest BCUT2D eigenvalue weighted by atomic mass is 10.2. The van der Waals surface area contributed by atoms with Crippen LogP contribution in [0.2, 0.25) is 0 Å². The summed E-state index contributed by atoms with van der Waals surface area (Å²) in [6.07, 6.45) is -3.39. The maximum atomic E-state index is 11.4. The fourth-order valence-electron chi connectivity index (χ4n) is 2.19. The Labute approximate surface area is 173 Å². The number of oxazole rings is 1. The summed E-state index contributed by atoms with van der Waals surface area (Å²) in [7, 11) is 0. The van der Waals surface area contributed by atoms with E-state index in [4.69, 9.17) is 19.5 Å². The Kier molecular flexibility index (Phi) is 7.53. The Morgan fingerprint density at radius 3 is 2.39 bits per heavy atom. The molecule has 166 valence electrons. The number of nitrogens with zero attached hydrogens (tertiary/aromatic N) is 2. The van der Waals surface area contributed by atoms with Gasteiger partial charge in [0.05, 0.1) is 5.56 Å². The lowest BCUT2D eigenvalue weighted by molar-refractivity contribution is -0.192. The number of anilines is 1. The molecule has 3 rings (SSSR count). The zero-order valence-corrected chi connectivity index (χ0v) is 16.4. The number of carboxylic acids is 1. The molecule has 0 atom stereocenters. The first-order valence-electron chi connectivity index (χ1n) is 8.86. The highest BCUT2D eigenvalue weighted by Gasteiger charge is 2.38. The molecule has 0 saturated carbocycles. The first kappa shape index (κ1) is 23.6. The monoisotopic (exact) mass is 440 g/mol. The van der Waals surface area contributed by atoms with Crippen LogP contribution in [0.15, 0.2) is 40.9 Å². The minimum absolute atomic E-state index is 0.302. The molecule has 0 unspecified atom stereocenters. The summed E-state index contributed by atoms with van der Waals surface area (Å²) in [5.41, 5.74) is 3.74. The van der Waals surface area contributed by atoms with Crippen LogP contribution in [-0.2, 0) is 4.79 Å². The molecule has 0 radical (unpaired) electrons. The third-order valence-electron chi connectivity index (χ3n) is 3.70. The maximum Gasteiger partial charge on any atom is 0.490 e. The van der Waals surface area contributed by atoms with E-state index in [1.165, 1.54) is 0 Å². The molecule has 1 aromatic carbocycles. The number of hydrogen-bond acceptors (Lipinski definition) is 7. The minimum Gasteiger partial charge on any atom is -0.475 e. The van der Waals surface area contributed by atoms with Crippen molar-refractivity contribution in [1.82, 2.24) is 15.4 Å². The molecule has 0 spiro atoms. The number of aromatic nitrogens is 2. The average Bonchev–Trinajstić information content (AvgIpc) is 3.15. The van der Waals surface area contributed by atoms with E-state index in [1.807, 2.05) is 12.1 Å². The van der Waals surface area contributed by atoms with Gasteiger partial charge in [0.2, 0.25) is 5.89 Å². The Morgan fingerprint density at radius 1 is 1.19 bits per heavy atom. The Balaban J connectivity index is 0.000000423. The van der Waals surface area contributed by atoms with Gasteiger partial charge < -0.3 is 14.8 Å². The zero-order chi connectivity index (χ0) is 23.2. The van der Waals surface area contributed by atoms with Gasteiger partial charge in [-0.15, -0.1) is 0 Å². The summed E-state index contributed by atoms with van der Waals surface area (Å²) in [5, 5.41) is 19.1. The van der Waals surface area contributed by atoms with Crippen molar-refractivity contribution in [2.75, 3.05) is 11.9 Å². The average molecular weight is 440 g/mol. The third-order valence-corrected chi connectivity index (χ3v) is 3.70. The molecule has 0 aliphatic rings. The number of hydrogen-bond donors (Lipinski definition) is 4. The van der Waals surface area contributed by atoms with E-state index in [1.54, 1.807) is 29.9 Å². The van der Waals surface area contributed by atoms with Crippen molar-refractivity contribution in [3.05, 3.63) is 42.1 Å². The lowest BCUT2D eigenvalue weighted by Crippen LogP contribution is -2.21. The smallest absolute Gasteiger partial charge is 0.475 e. The molecule has 0 aliphatic heterocycles. The fourth-order valence-corrected chi connectivity index (χ4v) is 2.19. The number of amides is 1. The standard InChI is InChI=1S/C17H18N4O3.C2HF3O2/c1-10(2)8-18-15-6-4-12(9-19-15)17-20-13-7-11(16(22)21-23)3-5-14(13)24-17;3-2(4,5)1(6)7/h3-7,9-10,23H,8H2,1-2H3,(H,18,19)(H,21,22);(H,6,7). The first-order chi connectivity index (χ1) is 14.5. The largest absolute Gasteiger partial charge is 0.490 e. The molecular weight excluding hydrogens is 421 g/mol. The lowest BCUT2D eigenvalue weighted by Gasteiger charge is -2.07. The van der Waals surface area contributed by atoms with Crippen LogP contribution >= 0.6 is 0 Å². The summed E-state index contributed by atoms with van der Waals surface area (Å²) < 4.78 is 37.4. The van der Waals surface area contributed by atoms with Crippen LogP contribution in [0.4, 0.5) is 19.0 Å². The van der Waals surface area contributed by atoms with Gasteiger partial charge in [-0.2, -0.15) is 13.2 Å². The van der Waals surface area contributed by atoms with Crippen LogP contribution in [0.25, 0.3) is 22.6 Å². The van der Waals surface area contributed by atoms with Gasteiger partial charge in [-0.05, 0) is 36.2 Å². The van der Waals surface area contributed by atoms with Crippen molar-refractivity contribution in [2.45, 2.75) is 20.0 Å². The molecule has 4 N–H and O–H groups in total. The van der Waals surface area contributed by atoms with Gasteiger partial charge in [0.15, 0.2) is 5.58 Å². The second-order valence-electron chi connectivity index (χ2n) is 6.65. The first-order valence-corrected chi connectivity index (χ1v) is 8.86. The summed E-state index contributed by atoms with van der Waals surface area (Å²) in [6, 6.07) is 8.50. The van der Waals surface area contributed by atoms with Crippen LogP contribution in [0.1, 0.15) is 24.2 Å². The van der Waals surface area contributed by atoms with E-state index in [0.29, 0.717) is 28.5 Å². The predicted octanol–water partition coefficient (Wildman–Crippen LogP) is 3.71. The van der Waals surface area contributed by atoms with Gasteiger partial charge >= 0.3 is 12.1 Å². The number of hydroxylamine groups is 1. The minimum atomic E-state index is -5.08. The van der Waals surface area contributed by atoms with Crippen LogP contribution in [-0.4, -0.2) is 44.9 Å². The second-order valence-corrected chi connectivity index (χ2v) is 6.65. The zero-order valence-electron chi connectivity index (χ0n) is 16.4. The molecule has 0 fully saturated rings. The Hall–Kier alpha value is -3.67. The van der Waals surface area contributed by atoms with E-state index in [0.717, 1.165) is 17.9 Å². The fraction of sp³-hybridized carbons (Fsp3) is 0.263. The van der Waals surface area contributed by atoms with Crippen molar-refractivity contribution < 1.29 is 37.5 Å². The van der Waals surface area contributed by atoms with Gasteiger partial charge in [-0.3, -0.25) is 10.0 Å². The summed E-state index contributed by atoms with van der Waals surface area (Å²) >= 11 is 0. The van der Waals surface area contributed by atoms with Crippen LogP contribution in [0, 0.1) is 5.92 Å². The van der Waals surface area contributed by atoms with E-state index in [9.17, 15) is 18.0 Å². The topological polar surface area (TPSA) is 138 Å². The van der Waals surface area contributed by atoms with Crippen LogP contribution in [0.3, 0.4) is 0 Å². The highest BCUT2D eigenvalue weighted by molar-refractivity contribution is 5.96. The molecule has 12 heteroatoms. The van der Waals surface area contributed by atoms with Gasteiger partial charge in [0.1, 0.15) is 11.3 Å². The molecule has 0 aliphatic carbocycles. The SMILES string of the molecule is CC(C)CNc1ccc(-c2nc3cc(C(=O)NO)ccc3o2)cn1.O=C(O)C(F)(F)F. The van der Waals surface area contributed by atoms with Crippen molar-refractivity contribution in [3.8, 4) is 11.5 Å². The van der Waals surface area contributed by atoms with Gasteiger partial charge in [-0.1, -0.05) is 13.8 Å². The van der Waals surface area contributed by atoms with Crippen LogP contribution in [0.5, 0.6) is 0 Å².